The summed E-state index contributed by atoms with van der Waals surface area (Å²) >= 11 is 0. The lowest BCUT2D eigenvalue weighted by atomic mass is 9.85. The van der Waals surface area contributed by atoms with E-state index in [4.69, 9.17) is 10.5 Å². The molecule has 1 aliphatic carbocycles. The van der Waals surface area contributed by atoms with Gasteiger partial charge in [-0.05, 0) is 31.7 Å². The monoisotopic (exact) mass is 356 g/mol. The molecule has 0 radical (unpaired) electrons. The summed E-state index contributed by atoms with van der Waals surface area (Å²) in [7, 11) is 0. The number of aromatic nitrogens is 3. The zero-order valence-corrected chi connectivity index (χ0v) is 14.9. The highest BCUT2D eigenvalue weighted by molar-refractivity contribution is 5.85. The van der Waals surface area contributed by atoms with Gasteiger partial charge < -0.3 is 20.4 Å². The van der Waals surface area contributed by atoms with Crippen molar-refractivity contribution in [3.8, 4) is 0 Å². The number of anilines is 1. The Morgan fingerprint density at radius 2 is 2.38 bits per heavy atom. The molecule has 138 valence electrons. The van der Waals surface area contributed by atoms with Crippen molar-refractivity contribution in [3.05, 3.63) is 30.4 Å². The second kappa shape index (κ2) is 8.46. The van der Waals surface area contributed by atoms with E-state index in [0.29, 0.717) is 18.3 Å². The molecule has 0 spiro atoms. The molecule has 0 aliphatic heterocycles. The van der Waals surface area contributed by atoms with Crippen LogP contribution in [0.5, 0.6) is 0 Å². The number of carbonyl (C=O) groups excluding carboxylic acids is 1. The average molecular weight is 356 g/mol. The first-order chi connectivity index (χ1) is 12.7. The molecule has 0 aromatic carbocycles. The number of nitrogens with two attached hydrogens (primary N) is 1. The van der Waals surface area contributed by atoms with Gasteiger partial charge in [0, 0.05) is 36.7 Å². The van der Waals surface area contributed by atoms with E-state index in [-0.39, 0.29) is 12.5 Å². The molecular weight excluding hydrogens is 332 g/mol. The van der Waals surface area contributed by atoms with Crippen molar-refractivity contribution in [2.75, 3.05) is 18.5 Å². The minimum Gasteiger partial charge on any atom is -0.465 e. The Morgan fingerprint density at radius 1 is 1.54 bits per heavy atom. The first kappa shape index (κ1) is 17.9. The molecule has 8 nitrogen and oxygen atoms in total. The summed E-state index contributed by atoms with van der Waals surface area (Å²) in [6, 6.07) is 2.03. The van der Waals surface area contributed by atoms with E-state index >= 15 is 0 Å². The Hall–Kier alpha value is -2.90. The van der Waals surface area contributed by atoms with E-state index in [1.807, 2.05) is 6.07 Å². The van der Waals surface area contributed by atoms with E-state index in [1.165, 1.54) is 31.7 Å². The summed E-state index contributed by atoms with van der Waals surface area (Å²) in [5.41, 5.74) is 7.02. The smallest absolute Gasteiger partial charge is 0.327 e. The van der Waals surface area contributed by atoms with Gasteiger partial charge in [0.05, 0.1) is 12.3 Å². The summed E-state index contributed by atoms with van der Waals surface area (Å²) in [6.07, 6.45) is 10.6. The normalized spacial score (nSPS) is 15.3. The van der Waals surface area contributed by atoms with Crippen LogP contribution in [0.25, 0.3) is 11.0 Å². The van der Waals surface area contributed by atoms with Crippen LogP contribution in [-0.4, -0.2) is 39.9 Å². The largest absolute Gasteiger partial charge is 0.465 e. The third-order valence-corrected chi connectivity index (χ3v) is 4.37. The van der Waals surface area contributed by atoms with Crippen LogP contribution < -0.4 is 11.1 Å². The van der Waals surface area contributed by atoms with Gasteiger partial charge in [-0.25, -0.2) is 4.98 Å². The Bertz CT molecular complexity index is 822. The molecule has 2 aromatic rings. The van der Waals surface area contributed by atoms with Gasteiger partial charge in [-0.3, -0.25) is 9.79 Å². The molecule has 1 saturated carbocycles. The molecule has 1 aliphatic rings. The Labute approximate surface area is 152 Å². The highest BCUT2D eigenvalue weighted by atomic mass is 16.5. The van der Waals surface area contributed by atoms with Crippen LogP contribution in [0.1, 0.15) is 26.2 Å². The molecule has 0 saturated heterocycles. The first-order valence-corrected chi connectivity index (χ1v) is 8.86. The van der Waals surface area contributed by atoms with Crippen LogP contribution in [-0.2, 0) is 16.1 Å². The van der Waals surface area contributed by atoms with E-state index in [1.54, 1.807) is 13.1 Å². The molecule has 1 fully saturated rings. The number of nitrogens with zero attached hydrogens (tertiary/aromatic N) is 4. The van der Waals surface area contributed by atoms with E-state index < -0.39 is 0 Å². The fourth-order valence-electron chi connectivity index (χ4n) is 2.80. The lowest BCUT2D eigenvalue weighted by molar-refractivity contribution is -0.141. The van der Waals surface area contributed by atoms with Crippen molar-refractivity contribution in [3.63, 3.8) is 0 Å². The molecular formula is C18H24N6O2. The highest BCUT2D eigenvalue weighted by Gasteiger charge is 2.18. The number of fused-ring (bicyclic) bond motifs is 1. The van der Waals surface area contributed by atoms with Crippen molar-refractivity contribution in [1.29, 1.82) is 0 Å². The molecule has 3 N–H and O–H groups in total. The number of esters is 1. The maximum atomic E-state index is 11.3. The fraction of sp³-hybridized carbons (Fsp3) is 0.444. The van der Waals surface area contributed by atoms with Crippen LogP contribution in [0, 0.1) is 5.92 Å². The average Bonchev–Trinajstić information content (AvgIpc) is 2.99. The molecule has 2 aromatic heterocycles. The Morgan fingerprint density at radius 3 is 3.08 bits per heavy atom. The molecule has 3 rings (SSSR count). The number of ether oxygens (including phenoxy) is 1. The second-order valence-corrected chi connectivity index (χ2v) is 6.26. The SMILES string of the molecule is CCOC(=O)CN=C/C(=C\N)Nc1ncc2ccn(CC3CCC3)c2n1. The zero-order valence-electron chi connectivity index (χ0n) is 14.9. The highest BCUT2D eigenvalue weighted by Crippen LogP contribution is 2.29. The topological polar surface area (TPSA) is 107 Å². The fourth-order valence-corrected chi connectivity index (χ4v) is 2.80. The number of nitrogens with one attached hydrogen (secondary N) is 1. The van der Waals surface area contributed by atoms with Gasteiger partial charge in [-0.2, -0.15) is 4.98 Å². The second-order valence-electron chi connectivity index (χ2n) is 6.26. The number of aliphatic imine (C=N–C) groups is 1. The third-order valence-electron chi connectivity index (χ3n) is 4.37. The quantitative estimate of drug-likeness (QED) is 0.554. The van der Waals surface area contributed by atoms with Crippen molar-refractivity contribution < 1.29 is 9.53 Å². The van der Waals surface area contributed by atoms with E-state index in [0.717, 1.165) is 23.5 Å². The van der Waals surface area contributed by atoms with Crippen molar-refractivity contribution >= 4 is 29.2 Å². The van der Waals surface area contributed by atoms with Crippen LogP contribution in [0.3, 0.4) is 0 Å². The number of hydrogen-bond acceptors (Lipinski definition) is 7. The minimum atomic E-state index is -0.383. The minimum absolute atomic E-state index is 0.0585. The Balaban J connectivity index is 1.67. The lowest BCUT2D eigenvalue weighted by Crippen LogP contribution is -2.17. The van der Waals surface area contributed by atoms with Crippen LogP contribution in [0.2, 0.25) is 0 Å². The molecule has 8 heteroatoms. The number of allylic oxidation sites excluding steroid dienone is 1. The summed E-state index contributed by atoms with van der Waals surface area (Å²) in [6.45, 7) is 3.01. The van der Waals surface area contributed by atoms with Gasteiger partial charge >= 0.3 is 5.97 Å². The summed E-state index contributed by atoms with van der Waals surface area (Å²) in [5, 5.41) is 4.03. The zero-order chi connectivity index (χ0) is 18.4. The number of rotatable bonds is 8. The maximum Gasteiger partial charge on any atom is 0.327 e. The van der Waals surface area contributed by atoms with Crippen LogP contribution in [0.4, 0.5) is 5.95 Å². The van der Waals surface area contributed by atoms with Crippen LogP contribution in [0.15, 0.2) is 35.3 Å². The number of hydrogen-bond donors (Lipinski definition) is 2. The van der Waals surface area contributed by atoms with Gasteiger partial charge in [0.15, 0.2) is 0 Å². The van der Waals surface area contributed by atoms with Crippen molar-refractivity contribution in [2.24, 2.45) is 16.6 Å². The molecule has 0 bridgehead atoms. The van der Waals surface area contributed by atoms with Crippen molar-refractivity contribution in [2.45, 2.75) is 32.7 Å². The predicted octanol–water partition coefficient (Wildman–Crippen LogP) is 2.08. The number of carbonyl (C=O) groups is 1. The maximum absolute atomic E-state index is 11.3. The van der Waals surface area contributed by atoms with Crippen LogP contribution >= 0.6 is 0 Å². The summed E-state index contributed by atoms with van der Waals surface area (Å²) in [5.74, 6) is 0.795. The van der Waals surface area contributed by atoms with E-state index in [2.05, 4.69) is 31.0 Å². The van der Waals surface area contributed by atoms with Gasteiger partial charge in [0.2, 0.25) is 5.95 Å². The summed E-state index contributed by atoms with van der Waals surface area (Å²) in [4.78, 5) is 24.2. The molecule has 0 atom stereocenters. The molecule has 2 heterocycles. The first-order valence-electron chi connectivity index (χ1n) is 8.86. The molecule has 0 amide bonds. The van der Waals surface area contributed by atoms with Gasteiger partial charge in [-0.15, -0.1) is 0 Å². The third kappa shape index (κ3) is 4.38. The van der Waals surface area contributed by atoms with Crippen molar-refractivity contribution in [1.82, 2.24) is 14.5 Å². The van der Waals surface area contributed by atoms with Gasteiger partial charge in [-0.1, -0.05) is 6.42 Å². The van der Waals surface area contributed by atoms with E-state index in [9.17, 15) is 4.79 Å². The molecule has 26 heavy (non-hydrogen) atoms. The Kier molecular flexibility index (Phi) is 5.83. The predicted molar refractivity (Wildman–Crippen MR) is 101 cm³/mol. The standard InChI is InChI=1S/C18H24N6O2/c1-2-26-16(25)11-20-10-15(8-19)22-18-21-9-14-6-7-24(17(14)23-18)12-13-4-3-5-13/h6-10,13H,2-5,11-12,19H2,1H3,(H,21,22,23)/b15-8+,20-10?. The van der Waals surface area contributed by atoms with Gasteiger partial charge in [0.25, 0.3) is 0 Å². The lowest BCUT2D eigenvalue weighted by Gasteiger charge is -2.25. The van der Waals surface area contributed by atoms with Gasteiger partial charge in [0.1, 0.15) is 12.2 Å². The summed E-state index contributed by atoms with van der Waals surface area (Å²) < 4.78 is 7.00. The molecule has 0 unspecified atom stereocenters.